The number of carboxylic acids is 1. The molecule has 1 aliphatic rings. The summed E-state index contributed by atoms with van der Waals surface area (Å²) in [5.74, 6) is 1.05. The molecule has 2 rings (SSSR count). The van der Waals surface area contributed by atoms with Crippen LogP contribution in [-0.2, 0) is 6.42 Å². The summed E-state index contributed by atoms with van der Waals surface area (Å²) in [6.45, 7) is 4.31. The number of rotatable bonds is 4. The summed E-state index contributed by atoms with van der Waals surface area (Å²) in [7, 11) is 0. The molecule has 1 aromatic heterocycles. The van der Waals surface area contributed by atoms with Crippen LogP contribution in [0.1, 0.15) is 73.7 Å². The van der Waals surface area contributed by atoms with Crippen molar-refractivity contribution in [2.45, 2.75) is 58.3 Å². The van der Waals surface area contributed by atoms with Crippen LogP contribution < -0.4 is 0 Å². The van der Waals surface area contributed by atoms with Gasteiger partial charge in [-0.25, -0.2) is 14.8 Å². The maximum absolute atomic E-state index is 11.2. The zero-order valence-corrected chi connectivity index (χ0v) is 11.7. The third-order valence-electron chi connectivity index (χ3n) is 3.91. The summed E-state index contributed by atoms with van der Waals surface area (Å²) in [6.07, 6.45) is 7.86. The van der Waals surface area contributed by atoms with Crippen LogP contribution in [0, 0.1) is 5.92 Å². The van der Waals surface area contributed by atoms with Crippen LogP contribution in [0.3, 0.4) is 0 Å². The Labute approximate surface area is 114 Å². The van der Waals surface area contributed by atoms with E-state index in [4.69, 9.17) is 5.11 Å². The van der Waals surface area contributed by atoms with E-state index in [1.54, 1.807) is 0 Å². The second kappa shape index (κ2) is 6.13. The summed E-state index contributed by atoms with van der Waals surface area (Å²) in [5, 5.41) is 9.16. The van der Waals surface area contributed by atoms with Crippen molar-refractivity contribution in [3.63, 3.8) is 0 Å². The molecule has 0 bridgehead atoms. The van der Waals surface area contributed by atoms with Gasteiger partial charge in [0.05, 0.1) is 11.3 Å². The molecule has 1 heterocycles. The standard InChI is InChI=1S/C15H22N2O2/c1-3-5-13-12(15(18)19)9-16-14(17-13)11-7-4-6-10(2)8-11/h9-11H,3-8H2,1-2H3,(H,18,19). The van der Waals surface area contributed by atoms with Gasteiger partial charge in [-0.05, 0) is 25.2 Å². The van der Waals surface area contributed by atoms with Gasteiger partial charge in [-0.1, -0.05) is 33.1 Å². The van der Waals surface area contributed by atoms with E-state index in [9.17, 15) is 4.79 Å². The Hall–Kier alpha value is -1.45. The lowest BCUT2D eigenvalue weighted by Crippen LogP contribution is -2.16. The number of hydrogen-bond donors (Lipinski definition) is 1. The van der Waals surface area contributed by atoms with Gasteiger partial charge in [0, 0.05) is 12.1 Å². The molecule has 19 heavy (non-hydrogen) atoms. The minimum atomic E-state index is -0.924. The molecule has 0 radical (unpaired) electrons. The van der Waals surface area contributed by atoms with Crippen molar-refractivity contribution in [3.8, 4) is 0 Å². The number of aryl methyl sites for hydroxylation is 1. The van der Waals surface area contributed by atoms with Gasteiger partial charge in [0.2, 0.25) is 0 Å². The third kappa shape index (κ3) is 3.31. The minimum absolute atomic E-state index is 0.259. The fraction of sp³-hybridized carbons (Fsp3) is 0.667. The normalized spacial score (nSPS) is 23.3. The zero-order valence-electron chi connectivity index (χ0n) is 11.7. The highest BCUT2D eigenvalue weighted by Gasteiger charge is 2.24. The molecule has 0 saturated heterocycles. The Kier molecular flexibility index (Phi) is 4.51. The summed E-state index contributed by atoms with van der Waals surface area (Å²) < 4.78 is 0. The molecule has 0 aromatic carbocycles. The lowest BCUT2D eigenvalue weighted by atomic mass is 9.82. The van der Waals surface area contributed by atoms with Gasteiger partial charge in [-0.2, -0.15) is 0 Å². The largest absolute Gasteiger partial charge is 0.478 e. The average Bonchev–Trinajstić information content (AvgIpc) is 2.39. The number of hydrogen-bond acceptors (Lipinski definition) is 3. The van der Waals surface area contributed by atoms with E-state index in [1.165, 1.54) is 19.0 Å². The summed E-state index contributed by atoms with van der Waals surface area (Å²) in [6, 6.07) is 0. The first-order chi connectivity index (χ1) is 9.11. The van der Waals surface area contributed by atoms with E-state index >= 15 is 0 Å². The highest BCUT2D eigenvalue weighted by Crippen LogP contribution is 2.34. The Balaban J connectivity index is 2.26. The highest BCUT2D eigenvalue weighted by atomic mass is 16.4. The molecule has 0 spiro atoms. The topological polar surface area (TPSA) is 63.1 Å². The van der Waals surface area contributed by atoms with Crippen molar-refractivity contribution in [3.05, 3.63) is 23.3 Å². The molecule has 4 heteroatoms. The van der Waals surface area contributed by atoms with Crippen molar-refractivity contribution >= 4 is 5.97 Å². The van der Waals surface area contributed by atoms with Crippen molar-refractivity contribution in [2.24, 2.45) is 5.92 Å². The molecule has 0 aliphatic heterocycles. The summed E-state index contributed by atoms with van der Waals surface area (Å²) in [5.41, 5.74) is 0.952. The van der Waals surface area contributed by atoms with E-state index in [0.29, 0.717) is 18.0 Å². The summed E-state index contributed by atoms with van der Waals surface area (Å²) in [4.78, 5) is 20.0. The number of carbonyl (C=O) groups is 1. The molecule has 1 fully saturated rings. The van der Waals surface area contributed by atoms with Crippen LogP contribution in [0.5, 0.6) is 0 Å². The fourth-order valence-corrected chi connectivity index (χ4v) is 2.90. The molecule has 104 valence electrons. The van der Waals surface area contributed by atoms with Crippen LogP contribution in [0.2, 0.25) is 0 Å². The second-order valence-electron chi connectivity index (χ2n) is 5.61. The Morgan fingerprint density at radius 2 is 2.26 bits per heavy atom. The smallest absolute Gasteiger partial charge is 0.339 e. The second-order valence-corrected chi connectivity index (χ2v) is 5.61. The van der Waals surface area contributed by atoms with Crippen LogP contribution in [0.25, 0.3) is 0 Å². The number of nitrogens with zero attached hydrogens (tertiary/aromatic N) is 2. The van der Waals surface area contributed by atoms with Gasteiger partial charge in [-0.3, -0.25) is 0 Å². The van der Waals surface area contributed by atoms with E-state index in [1.807, 2.05) is 6.92 Å². The predicted octanol–water partition coefficient (Wildman–Crippen LogP) is 3.42. The lowest BCUT2D eigenvalue weighted by molar-refractivity contribution is 0.0694. The molecule has 4 nitrogen and oxygen atoms in total. The number of aromatic carboxylic acids is 1. The van der Waals surface area contributed by atoms with Crippen LogP contribution in [0.15, 0.2) is 6.20 Å². The van der Waals surface area contributed by atoms with E-state index in [0.717, 1.165) is 31.0 Å². The Morgan fingerprint density at radius 3 is 2.89 bits per heavy atom. The van der Waals surface area contributed by atoms with Crippen molar-refractivity contribution in [1.29, 1.82) is 0 Å². The van der Waals surface area contributed by atoms with Crippen molar-refractivity contribution in [1.82, 2.24) is 9.97 Å². The zero-order chi connectivity index (χ0) is 13.8. The molecule has 0 amide bonds. The van der Waals surface area contributed by atoms with E-state index < -0.39 is 5.97 Å². The van der Waals surface area contributed by atoms with Crippen molar-refractivity contribution in [2.75, 3.05) is 0 Å². The maximum Gasteiger partial charge on any atom is 0.339 e. The fourth-order valence-electron chi connectivity index (χ4n) is 2.90. The van der Waals surface area contributed by atoms with Crippen molar-refractivity contribution < 1.29 is 9.90 Å². The number of aromatic nitrogens is 2. The van der Waals surface area contributed by atoms with Crippen LogP contribution >= 0.6 is 0 Å². The van der Waals surface area contributed by atoms with Gasteiger partial charge in [0.15, 0.2) is 0 Å². The average molecular weight is 262 g/mol. The first-order valence-electron chi connectivity index (χ1n) is 7.21. The highest BCUT2D eigenvalue weighted by molar-refractivity contribution is 5.88. The summed E-state index contributed by atoms with van der Waals surface area (Å²) >= 11 is 0. The molecule has 1 saturated carbocycles. The lowest BCUT2D eigenvalue weighted by Gasteiger charge is -2.25. The van der Waals surface area contributed by atoms with Gasteiger partial charge >= 0.3 is 5.97 Å². The van der Waals surface area contributed by atoms with Crippen LogP contribution in [-0.4, -0.2) is 21.0 Å². The number of carboxylic acid groups (broad SMARTS) is 1. The van der Waals surface area contributed by atoms with E-state index in [2.05, 4.69) is 16.9 Å². The first-order valence-corrected chi connectivity index (χ1v) is 7.21. The molecule has 1 aliphatic carbocycles. The predicted molar refractivity (Wildman–Crippen MR) is 73.4 cm³/mol. The molecular weight excluding hydrogens is 240 g/mol. The Bertz CT molecular complexity index is 459. The maximum atomic E-state index is 11.2. The van der Waals surface area contributed by atoms with Gasteiger partial charge in [-0.15, -0.1) is 0 Å². The van der Waals surface area contributed by atoms with Gasteiger partial charge in [0.1, 0.15) is 5.82 Å². The van der Waals surface area contributed by atoms with E-state index in [-0.39, 0.29) is 5.56 Å². The Morgan fingerprint density at radius 1 is 1.47 bits per heavy atom. The molecule has 2 atom stereocenters. The molecule has 2 unspecified atom stereocenters. The SMILES string of the molecule is CCCc1nc(C2CCCC(C)C2)ncc1C(=O)O. The monoisotopic (exact) mass is 262 g/mol. The third-order valence-corrected chi connectivity index (χ3v) is 3.91. The first kappa shape index (κ1) is 14.0. The quantitative estimate of drug-likeness (QED) is 0.903. The van der Waals surface area contributed by atoms with Gasteiger partial charge < -0.3 is 5.11 Å². The molecule has 1 aromatic rings. The molecular formula is C15H22N2O2. The molecule has 1 N–H and O–H groups in total. The van der Waals surface area contributed by atoms with Crippen LogP contribution in [0.4, 0.5) is 0 Å². The van der Waals surface area contributed by atoms with Gasteiger partial charge in [0.25, 0.3) is 0 Å². The minimum Gasteiger partial charge on any atom is -0.478 e.